The Hall–Kier alpha value is -2.59. The number of carbonyl (C=O) groups excluding carboxylic acids is 2. The normalized spacial score (nSPS) is 20.7. The van der Waals surface area contributed by atoms with E-state index in [1.807, 2.05) is 6.92 Å². The number of urea groups is 1. The number of amides is 2. The summed E-state index contributed by atoms with van der Waals surface area (Å²) in [6.45, 7) is 7.37. The average molecular weight is 454 g/mol. The lowest BCUT2D eigenvalue weighted by Gasteiger charge is -2.37. The Labute approximate surface area is 185 Å². The number of hydrogen-bond donors (Lipinski definition) is 2. The van der Waals surface area contributed by atoms with Gasteiger partial charge in [-0.3, -0.25) is 9.80 Å². The second-order valence-electron chi connectivity index (χ2n) is 7.92. The fourth-order valence-electron chi connectivity index (χ4n) is 4.02. The maximum Gasteiger partial charge on any atom is 0.416 e. The maximum absolute atomic E-state index is 12.9. The van der Waals surface area contributed by atoms with E-state index in [-0.39, 0.29) is 12.6 Å². The number of benzene rings is 1. The first-order valence-corrected chi connectivity index (χ1v) is 10.8. The predicted octanol–water partition coefficient (Wildman–Crippen LogP) is 2.73. The van der Waals surface area contributed by atoms with Gasteiger partial charge in [0.15, 0.2) is 0 Å². The minimum Gasteiger partial charge on any atom is -0.463 e. The molecule has 2 aliphatic heterocycles. The average Bonchev–Trinajstić information content (AvgIpc) is 2.74. The standard InChI is InChI=1S/C22H29F3N4O3/c1-3-17-19(20(30)32-4-2)18(27-21(31)26-17)14-29-10-8-28(9-11-29)13-15-6-5-7-16(12-15)22(23,24)25/h5-7,12,17H,3-4,8-11,13-14H2,1-2H3,(H2,26,27,31). The molecule has 1 aromatic rings. The monoisotopic (exact) mass is 454 g/mol. The van der Waals surface area contributed by atoms with Crippen LogP contribution in [-0.2, 0) is 22.3 Å². The van der Waals surface area contributed by atoms with Crippen LogP contribution in [0.5, 0.6) is 0 Å². The van der Waals surface area contributed by atoms with Gasteiger partial charge in [0.2, 0.25) is 0 Å². The molecular formula is C22H29F3N4O3. The molecule has 1 aromatic carbocycles. The van der Waals surface area contributed by atoms with Gasteiger partial charge in [0.05, 0.1) is 23.8 Å². The molecule has 0 radical (unpaired) electrons. The Morgan fingerprint density at radius 2 is 1.78 bits per heavy atom. The summed E-state index contributed by atoms with van der Waals surface area (Å²) in [7, 11) is 0. The van der Waals surface area contributed by atoms with Crippen LogP contribution in [0.1, 0.15) is 31.4 Å². The lowest BCUT2D eigenvalue weighted by molar-refractivity contribution is -0.139. The van der Waals surface area contributed by atoms with Gasteiger partial charge in [-0.1, -0.05) is 25.1 Å². The molecule has 3 rings (SSSR count). The van der Waals surface area contributed by atoms with E-state index in [1.165, 1.54) is 12.1 Å². The number of alkyl halides is 3. The molecule has 1 saturated heterocycles. The molecule has 0 saturated carbocycles. The van der Waals surface area contributed by atoms with Crippen molar-refractivity contribution in [2.75, 3.05) is 39.3 Å². The quantitative estimate of drug-likeness (QED) is 0.620. The van der Waals surface area contributed by atoms with Crippen LogP contribution in [-0.4, -0.2) is 67.2 Å². The molecule has 1 atom stereocenters. The minimum atomic E-state index is -4.35. The number of carbonyl (C=O) groups is 2. The van der Waals surface area contributed by atoms with Gasteiger partial charge in [0, 0.05) is 45.0 Å². The number of ether oxygens (including phenoxy) is 1. The lowest BCUT2D eigenvalue weighted by atomic mass is 10.00. The van der Waals surface area contributed by atoms with Crippen molar-refractivity contribution < 1.29 is 27.5 Å². The van der Waals surface area contributed by atoms with Crippen molar-refractivity contribution in [3.63, 3.8) is 0 Å². The summed E-state index contributed by atoms with van der Waals surface area (Å²) in [6, 6.07) is 4.66. The van der Waals surface area contributed by atoms with E-state index in [1.54, 1.807) is 13.0 Å². The Morgan fingerprint density at radius 3 is 2.38 bits per heavy atom. The van der Waals surface area contributed by atoms with Crippen LogP contribution >= 0.6 is 0 Å². The molecule has 1 unspecified atom stereocenters. The van der Waals surface area contributed by atoms with Crippen LogP contribution < -0.4 is 10.6 Å². The molecule has 2 heterocycles. The number of nitrogens with zero attached hydrogens (tertiary/aromatic N) is 2. The third kappa shape index (κ3) is 6.01. The molecule has 1 fully saturated rings. The summed E-state index contributed by atoms with van der Waals surface area (Å²) < 4.78 is 44.0. The van der Waals surface area contributed by atoms with E-state index in [9.17, 15) is 22.8 Å². The first kappa shape index (κ1) is 24.1. The van der Waals surface area contributed by atoms with Gasteiger partial charge in [-0.25, -0.2) is 9.59 Å². The van der Waals surface area contributed by atoms with Crippen LogP contribution in [0.2, 0.25) is 0 Å². The van der Waals surface area contributed by atoms with Gasteiger partial charge in [0.25, 0.3) is 0 Å². The van der Waals surface area contributed by atoms with E-state index in [0.717, 1.165) is 6.07 Å². The van der Waals surface area contributed by atoms with Crippen molar-refractivity contribution in [3.05, 3.63) is 46.7 Å². The Kier molecular flexibility index (Phi) is 7.78. The zero-order valence-corrected chi connectivity index (χ0v) is 18.3. The molecule has 10 heteroatoms. The first-order valence-electron chi connectivity index (χ1n) is 10.8. The highest BCUT2D eigenvalue weighted by molar-refractivity contribution is 5.94. The van der Waals surface area contributed by atoms with E-state index in [0.29, 0.717) is 62.5 Å². The Balaban J connectivity index is 1.63. The molecule has 0 spiro atoms. The third-order valence-electron chi connectivity index (χ3n) is 5.65. The number of piperazine rings is 1. The fraction of sp³-hybridized carbons (Fsp3) is 0.545. The van der Waals surface area contributed by atoms with Crippen molar-refractivity contribution in [2.45, 2.75) is 39.0 Å². The molecule has 2 aliphatic rings. The summed E-state index contributed by atoms with van der Waals surface area (Å²) in [5.74, 6) is -0.440. The molecule has 0 aromatic heterocycles. The summed E-state index contributed by atoms with van der Waals surface area (Å²) >= 11 is 0. The molecule has 176 valence electrons. The molecule has 7 nitrogen and oxygen atoms in total. The summed E-state index contributed by atoms with van der Waals surface area (Å²) in [5.41, 5.74) is 0.974. The zero-order chi connectivity index (χ0) is 23.3. The van der Waals surface area contributed by atoms with Gasteiger partial charge in [-0.15, -0.1) is 0 Å². The first-order chi connectivity index (χ1) is 15.2. The van der Waals surface area contributed by atoms with E-state index in [4.69, 9.17) is 4.74 Å². The van der Waals surface area contributed by atoms with Gasteiger partial charge in [-0.05, 0) is 25.0 Å². The topological polar surface area (TPSA) is 73.9 Å². The van der Waals surface area contributed by atoms with Crippen molar-refractivity contribution in [3.8, 4) is 0 Å². The van der Waals surface area contributed by atoms with Gasteiger partial charge < -0.3 is 15.4 Å². The van der Waals surface area contributed by atoms with Crippen molar-refractivity contribution >= 4 is 12.0 Å². The van der Waals surface area contributed by atoms with Crippen LogP contribution in [0.4, 0.5) is 18.0 Å². The number of hydrogen-bond acceptors (Lipinski definition) is 5. The van der Waals surface area contributed by atoms with Crippen LogP contribution in [0, 0.1) is 0 Å². The van der Waals surface area contributed by atoms with Gasteiger partial charge >= 0.3 is 18.2 Å². The largest absolute Gasteiger partial charge is 0.463 e. The molecular weight excluding hydrogens is 425 g/mol. The van der Waals surface area contributed by atoms with Crippen molar-refractivity contribution in [1.82, 2.24) is 20.4 Å². The smallest absolute Gasteiger partial charge is 0.416 e. The summed E-state index contributed by atoms with van der Waals surface area (Å²) in [5, 5.41) is 5.51. The van der Waals surface area contributed by atoms with Crippen molar-refractivity contribution in [2.24, 2.45) is 0 Å². The van der Waals surface area contributed by atoms with E-state index in [2.05, 4.69) is 20.4 Å². The molecule has 32 heavy (non-hydrogen) atoms. The predicted molar refractivity (Wildman–Crippen MR) is 113 cm³/mol. The second-order valence-corrected chi connectivity index (χ2v) is 7.92. The van der Waals surface area contributed by atoms with Gasteiger partial charge in [-0.2, -0.15) is 13.2 Å². The van der Waals surface area contributed by atoms with Gasteiger partial charge in [0.1, 0.15) is 0 Å². The third-order valence-corrected chi connectivity index (χ3v) is 5.65. The van der Waals surface area contributed by atoms with Crippen LogP contribution in [0.3, 0.4) is 0 Å². The van der Waals surface area contributed by atoms with E-state index >= 15 is 0 Å². The van der Waals surface area contributed by atoms with Crippen LogP contribution in [0.15, 0.2) is 35.5 Å². The highest BCUT2D eigenvalue weighted by Crippen LogP contribution is 2.30. The maximum atomic E-state index is 12.9. The molecule has 2 amide bonds. The molecule has 2 N–H and O–H groups in total. The molecule has 0 aliphatic carbocycles. The zero-order valence-electron chi connectivity index (χ0n) is 18.3. The van der Waals surface area contributed by atoms with Crippen LogP contribution in [0.25, 0.3) is 0 Å². The minimum absolute atomic E-state index is 0.244. The Bertz CT molecular complexity index is 864. The van der Waals surface area contributed by atoms with Crippen molar-refractivity contribution in [1.29, 1.82) is 0 Å². The highest BCUT2D eigenvalue weighted by atomic mass is 19.4. The highest BCUT2D eigenvalue weighted by Gasteiger charge is 2.33. The molecule has 0 bridgehead atoms. The lowest BCUT2D eigenvalue weighted by Crippen LogP contribution is -2.53. The number of nitrogens with one attached hydrogen (secondary N) is 2. The second kappa shape index (κ2) is 10.4. The van der Waals surface area contributed by atoms with E-state index < -0.39 is 23.8 Å². The number of esters is 1. The Morgan fingerprint density at radius 1 is 1.12 bits per heavy atom. The number of halogens is 3. The fourth-order valence-corrected chi connectivity index (χ4v) is 4.02. The summed E-state index contributed by atoms with van der Waals surface area (Å²) in [4.78, 5) is 28.8. The SMILES string of the molecule is CCOC(=O)C1=C(CN2CCN(Cc3cccc(C(F)(F)F)c3)CC2)NC(=O)NC1CC. The number of rotatable bonds is 7. The summed E-state index contributed by atoms with van der Waals surface area (Å²) in [6.07, 6.45) is -3.79.